The third-order valence-electron chi connectivity index (χ3n) is 3.71. The van der Waals surface area contributed by atoms with Crippen molar-refractivity contribution in [1.29, 1.82) is 0 Å². The molecule has 0 unspecified atom stereocenters. The first kappa shape index (κ1) is 15.3. The Labute approximate surface area is 112 Å². The number of hydrogen-bond acceptors (Lipinski definition) is 3. The highest BCUT2D eigenvalue weighted by Gasteiger charge is 2.21. The number of nitrogens with one attached hydrogen (secondary N) is 1. The van der Waals surface area contributed by atoms with Crippen LogP contribution in [0.15, 0.2) is 16.7 Å². The zero-order chi connectivity index (χ0) is 13.8. The van der Waals surface area contributed by atoms with E-state index in [1.807, 2.05) is 6.26 Å². The first-order chi connectivity index (χ1) is 8.35. The summed E-state index contributed by atoms with van der Waals surface area (Å²) in [6, 6.07) is 2.66. The van der Waals surface area contributed by atoms with Gasteiger partial charge in [0.25, 0.3) is 0 Å². The summed E-state index contributed by atoms with van der Waals surface area (Å²) in [4.78, 5) is 2.34. The first-order valence-corrected chi connectivity index (χ1v) is 6.86. The summed E-state index contributed by atoms with van der Waals surface area (Å²) in [5.74, 6) is 1.04. The molecule has 3 nitrogen and oxygen atoms in total. The van der Waals surface area contributed by atoms with Gasteiger partial charge in [0.1, 0.15) is 5.76 Å². The van der Waals surface area contributed by atoms with E-state index < -0.39 is 0 Å². The standard InChI is InChI=1S/C15H28N2O/c1-7-15(4,5)17(6)10-14-8-13(11-18-14)9-16-12(2)3/h8,11-12,16H,7,9-10H2,1-6H3. The molecule has 0 atom stereocenters. The molecule has 0 spiro atoms. The van der Waals surface area contributed by atoms with Crippen LogP contribution in [-0.4, -0.2) is 23.5 Å². The highest BCUT2D eigenvalue weighted by molar-refractivity contribution is 5.13. The predicted octanol–water partition coefficient (Wildman–Crippen LogP) is 3.40. The monoisotopic (exact) mass is 252 g/mol. The maximum atomic E-state index is 5.63. The van der Waals surface area contributed by atoms with Gasteiger partial charge in [0, 0.05) is 23.7 Å². The van der Waals surface area contributed by atoms with E-state index in [0.29, 0.717) is 6.04 Å². The van der Waals surface area contributed by atoms with Gasteiger partial charge in [-0.15, -0.1) is 0 Å². The molecule has 0 fully saturated rings. The fourth-order valence-corrected chi connectivity index (χ4v) is 1.64. The van der Waals surface area contributed by atoms with Crippen molar-refractivity contribution < 1.29 is 4.42 Å². The van der Waals surface area contributed by atoms with E-state index in [1.54, 1.807) is 0 Å². The lowest BCUT2D eigenvalue weighted by Crippen LogP contribution is -2.39. The van der Waals surface area contributed by atoms with E-state index >= 15 is 0 Å². The van der Waals surface area contributed by atoms with Crippen molar-refractivity contribution in [2.24, 2.45) is 0 Å². The minimum Gasteiger partial charge on any atom is -0.468 e. The minimum absolute atomic E-state index is 0.211. The third kappa shape index (κ3) is 4.46. The molecule has 18 heavy (non-hydrogen) atoms. The van der Waals surface area contributed by atoms with Crippen LogP contribution in [0.25, 0.3) is 0 Å². The van der Waals surface area contributed by atoms with Crippen LogP contribution in [0.2, 0.25) is 0 Å². The molecule has 0 amide bonds. The van der Waals surface area contributed by atoms with Crippen molar-refractivity contribution in [3.63, 3.8) is 0 Å². The Morgan fingerprint density at radius 3 is 2.61 bits per heavy atom. The Bertz CT molecular complexity index is 355. The van der Waals surface area contributed by atoms with E-state index in [-0.39, 0.29) is 5.54 Å². The Morgan fingerprint density at radius 2 is 2.06 bits per heavy atom. The summed E-state index contributed by atoms with van der Waals surface area (Å²) in [6.45, 7) is 12.8. The first-order valence-electron chi connectivity index (χ1n) is 6.86. The molecule has 1 N–H and O–H groups in total. The summed E-state index contributed by atoms with van der Waals surface area (Å²) in [6.07, 6.45) is 2.99. The van der Waals surface area contributed by atoms with Crippen molar-refractivity contribution in [1.82, 2.24) is 10.2 Å². The van der Waals surface area contributed by atoms with E-state index in [1.165, 1.54) is 5.56 Å². The summed E-state index contributed by atoms with van der Waals surface area (Å²) < 4.78 is 5.63. The molecular weight excluding hydrogens is 224 g/mol. The summed E-state index contributed by atoms with van der Waals surface area (Å²) in [5, 5.41) is 3.40. The zero-order valence-corrected chi connectivity index (χ0v) is 12.7. The molecular formula is C15H28N2O. The Kier molecular flexibility index (Phi) is 5.42. The second-order valence-electron chi connectivity index (χ2n) is 5.98. The molecule has 0 bridgehead atoms. The molecule has 0 saturated carbocycles. The number of hydrogen-bond donors (Lipinski definition) is 1. The number of nitrogens with zero attached hydrogens (tertiary/aromatic N) is 1. The van der Waals surface area contributed by atoms with Crippen LogP contribution in [0.1, 0.15) is 52.4 Å². The fraction of sp³-hybridized carbons (Fsp3) is 0.733. The largest absolute Gasteiger partial charge is 0.468 e. The van der Waals surface area contributed by atoms with Gasteiger partial charge in [0.2, 0.25) is 0 Å². The smallest absolute Gasteiger partial charge is 0.118 e. The Hall–Kier alpha value is -0.800. The second-order valence-corrected chi connectivity index (χ2v) is 5.98. The molecule has 104 valence electrons. The predicted molar refractivity (Wildman–Crippen MR) is 76.5 cm³/mol. The van der Waals surface area contributed by atoms with Gasteiger partial charge in [0.15, 0.2) is 0 Å². The van der Waals surface area contributed by atoms with Crippen molar-refractivity contribution in [2.45, 2.75) is 65.7 Å². The van der Waals surface area contributed by atoms with Gasteiger partial charge in [-0.05, 0) is 33.4 Å². The average molecular weight is 252 g/mol. The maximum absolute atomic E-state index is 5.63. The normalized spacial score (nSPS) is 12.7. The van der Waals surface area contributed by atoms with Crippen LogP contribution in [-0.2, 0) is 13.1 Å². The summed E-state index contributed by atoms with van der Waals surface area (Å²) >= 11 is 0. The Morgan fingerprint density at radius 1 is 1.39 bits per heavy atom. The quantitative estimate of drug-likeness (QED) is 0.806. The van der Waals surface area contributed by atoms with Crippen molar-refractivity contribution >= 4 is 0 Å². The van der Waals surface area contributed by atoms with Gasteiger partial charge in [0.05, 0.1) is 12.8 Å². The topological polar surface area (TPSA) is 28.4 Å². The molecule has 3 heteroatoms. The van der Waals surface area contributed by atoms with Crippen LogP contribution in [0, 0.1) is 0 Å². The van der Waals surface area contributed by atoms with Crippen LogP contribution < -0.4 is 5.32 Å². The maximum Gasteiger partial charge on any atom is 0.118 e. The highest BCUT2D eigenvalue weighted by Crippen LogP contribution is 2.20. The molecule has 0 aliphatic heterocycles. The molecule has 1 aromatic rings. The average Bonchev–Trinajstić information content (AvgIpc) is 2.74. The van der Waals surface area contributed by atoms with Gasteiger partial charge in [-0.25, -0.2) is 0 Å². The molecule has 0 saturated heterocycles. The zero-order valence-electron chi connectivity index (χ0n) is 12.7. The SMILES string of the molecule is CCC(C)(C)N(C)Cc1cc(CNC(C)C)co1. The summed E-state index contributed by atoms with van der Waals surface area (Å²) in [7, 11) is 2.15. The number of rotatable bonds is 7. The lowest BCUT2D eigenvalue weighted by atomic mass is 10.00. The lowest BCUT2D eigenvalue weighted by Gasteiger charge is -2.34. The highest BCUT2D eigenvalue weighted by atomic mass is 16.3. The van der Waals surface area contributed by atoms with Crippen LogP contribution >= 0.6 is 0 Å². The van der Waals surface area contributed by atoms with Crippen LogP contribution in [0.4, 0.5) is 0 Å². The van der Waals surface area contributed by atoms with E-state index in [0.717, 1.165) is 25.3 Å². The third-order valence-corrected chi connectivity index (χ3v) is 3.71. The summed E-state index contributed by atoms with van der Waals surface area (Å²) in [5.41, 5.74) is 1.43. The van der Waals surface area contributed by atoms with Crippen molar-refractivity contribution in [3.05, 3.63) is 23.7 Å². The van der Waals surface area contributed by atoms with Gasteiger partial charge in [-0.1, -0.05) is 20.8 Å². The van der Waals surface area contributed by atoms with Crippen molar-refractivity contribution in [3.8, 4) is 0 Å². The molecule has 0 aliphatic carbocycles. The molecule has 0 radical (unpaired) electrons. The number of furan rings is 1. The van der Waals surface area contributed by atoms with Gasteiger partial charge in [-0.3, -0.25) is 4.90 Å². The van der Waals surface area contributed by atoms with Gasteiger partial charge < -0.3 is 9.73 Å². The van der Waals surface area contributed by atoms with Crippen LogP contribution in [0.3, 0.4) is 0 Å². The molecule has 1 rings (SSSR count). The second kappa shape index (κ2) is 6.39. The van der Waals surface area contributed by atoms with Gasteiger partial charge >= 0.3 is 0 Å². The van der Waals surface area contributed by atoms with Crippen molar-refractivity contribution in [2.75, 3.05) is 7.05 Å². The lowest BCUT2D eigenvalue weighted by molar-refractivity contribution is 0.133. The van der Waals surface area contributed by atoms with Crippen LogP contribution in [0.5, 0.6) is 0 Å². The molecule has 1 heterocycles. The van der Waals surface area contributed by atoms with E-state index in [4.69, 9.17) is 4.42 Å². The molecule has 0 aromatic carbocycles. The Balaban J connectivity index is 2.53. The van der Waals surface area contributed by atoms with Gasteiger partial charge in [-0.2, -0.15) is 0 Å². The van der Waals surface area contributed by atoms with E-state index in [9.17, 15) is 0 Å². The molecule has 1 aromatic heterocycles. The fourth-order valence-electron chi connectivity index (χ4n) is 1.64. The van der Waals surface area contributed by atoms with E-state index in [2.05, 4.69) is 57.9 Å². The molecule has 0 aliphatic rings. The minimum atomic E-state index is 0.211.